The van der Waals surface area contributed by atoms with Crippen molar-refractivity contribution < 1.29 is 19.3 Å². The van der Waals surface area contributed by atoms with Crippen LogP contribution < -0.4 is 0 Å². The molecule has 96 valence electrons. The van der Waals surface area contributed by atoms with E-state index in [2.05, 4.69) is 0 Å². The molecule has 0 saturated carbocycles. The molecule has 0 fully saturated rings. The minimum Gasteiger partial charge on any atom is -0.363 e. The topological polar surface area (TPSA) is 44.8 Å². The zero-order chi connectivity index (χ0) is 12.4. The van der Waals surface area contributed by atoms with Crippen LogP contribution in [-0.2, 0) is 19.3 Å². The van der Waals surface area contributed by atoms with E-state index in [1.54, 1.807) is 0 Å². The molecule has 0 aliphatic rings. The maximum Gasteiger partial charge on any atom is 0.373 e. The second kappa shape index (κ2) is 8.53. The minimum atomic E-state index is -0.844. The van der Waals surface area contributed by atoms with Crippen molar-refractivity contribution >= 4 is 5.97 Å². The van der Waals surface area contributed by atoms with Crippen molar-refractivity contribution in [1.82, 2.24) is 0 Å². The molecule has 0 radical (unpaired) electrons. The van der Waals surface area contributed by atoms with Crippen molar-refractivity contribution in [1.29, 1.82) is 0 Å². The highest BCUT2D eigenvalue weighted by Crippen LogP contribution is 2.23. The number of rotatable bonds is 9. The molecule has 0 N–H and O–H groups in total. The predicted octanol–water partition coefficient (Wildman–Crippen LogP) is 2.86. The Morgan fingerprint density at radius 1 is 1.00 bits per heavy atom. The van der Waals surface area contributed by atoms with Crippen molar-refractivity contribution in [3.8, 4) is 0 Å². The van der Waals surface area contributed by atoms with E-state index in [-0.39, 0.29) is 0 Å². The maximum atomic E-state index is 11.8. The third-order valence-corrected chi connectivity index (χ3v) is 2.52. The molecule has 0 saturated heterocycles. The molecule has 4 heteroatoms. The van der Waals surface area contributed by atoms with E-state index in [1.807, 2.05) is 27.7 Å². The minimum absolute atomic E-state index is 0.417. The summed E-state index contributed by atoms with van der Waals surface area (Å²) in [7, 11) is 0. The lowest BCUT2D eigenvalue weighted by molar-refractivity contribution is -0.288. The molecule has 0 heterocycles. The Balaban J connectivity index is 4.31. The molecule has 0 aliphatic heterocycles. The Hall–Kier alpha value is -0.610. The van der Waals surface area contributed by atoms with Gasteiger partial charge in [0.1, 0.15) is 0 Å². The van der Waals surface area contributed by atoms with E-state index in [0.717, 1.165) is 12.8 Å². The van der Waals surface area contributed by atoms with E-state index in [1.165, 1.54) is 0 Å². The summed E-state index contributed by atoms with van der Waals surface area (Å²) >= 11 is 0. The molecule has 0 spiro atoms. The average Bonchev–Trinajstić information content (AvgIpc) is 2.31. The fraction of sp³-hybridized carbons (Fsp3) is 0.917. The zero-order valence-electron chi connectivity index (χ0n) is 10.9. The third-order valence-electron chi connectivity index (χ3n) is 2.52. The van der Waals surface area contributed by atoms with Crippen LogP contribution in [-0.4, -0.2) is 24.8 Å². The van der Waals surface area contributed by atoms with Crippen LogP contribution in [0.15, 0.2) is 0 Å². The standard InChI is InChI=1S/C12H24O4/c1-5-9-14-12(7-3,8-4)11(13)16-15-10-6-2/h5-10H2,1-4H3. The highest BCUT2D eigenvalue weighted by molar-refractivity contribution is 5.78. The van der Waals surface area contributed by atoms with Gasteiger partial charge in [0, 0.05) is 6.61 Å². The molecule has 0 aromatic rings. The maximum absolute atomic E-state index is 11.8. The molecule has 16 heavy (non-hydrogen) atoms. The van der Waals surface area contributed by atoms with Gasteiger partial charge in [-0.05, 0) is 25.7 Å². The Morgan fingerprint density at radius 3 is 2.00 bits per heavy atom. The molecule has 0 rings (SSSR count). The molecule has 0 amide bonds. The summed E-state index contributed by atoms with van der Waals surface area (Å²) in [5.74, 6) is -0.417. The van der Waals surface area contributed by atoms with E-state index >= 15 is 0 Å². The van der Waals surface area contributed by atoms with Crippen LogP contribution in [0.4, 0.5) is 0 Å². The number of carbonyl (C=O) groups excluding carboxylic acids is 1. The fourth-order valence-corrected chi connectivity index (χ4v) is 1.35. The average molecular weight is 232 g/mol. The monoisotopic (exact) mass is 232 g/mol. The third kappa shape index (κ3) is 4.49. The molecule has 0 aliphatic carbocycles. The SMILES string of the molecule is CCCOOC(=O)C(CC)(CC)OCCC. The van der Waals surface area contributed by atoms with Crippen LogP contribution in [0.25, 0.3) is 0 Å². The number of hydrogen-bond donors (Lipinski definition) is 0. The molecular weight excluding hydrogens is 208 g/mol. The first kappa shape index (κ1) is 15.4. The number of carbonyl (C=O) groups is 1. The molecule has 4 nitrogen and oxygen atoms in total. The van der Waals surface area contributed by atoms with Gasteiger partial charge < -0.3 is 4.74 Å². The van der Waals surface area contributed by atoms with Gasteiger partial charge in [-0.15, -0.1) is 0 Å². The van der Waals surface area contributed by atoms with E-state index < -0.39 is 11.6 Å². The lowest BCUT2D eigenvalue weighted by atomic mass is 9.97. The summed E-state index contributed by atoms with van der Waals surface area (Å²) < 4.78 is 5.62. The summed E-state index contributed by atoms with van der Waals surface area (Å²) in [4.78, 5) is 21.4. The summed E-state index contributed by atoms with van der Waals surface area (Å²) in [6.45, 7) is 8.78. The van der Waals surface area contributed by atoms with Gasteiger partial charge in [0.2, 0.25) is 0 Å². The smallest absolute Gasteiger partial charge is 0.363 e. The second-order valence-electron chi connectivity index (χ2n) is 3.74. The number of hydrogen-bond acceptors (Lipinski definition) is 4. The summed E-state index contributed by atoms with van der Waals surface area (Å²) in [5, 5.41) is 0. The van der Waals surface area contributed by atoms with Gasteiger partial charge in [0.15, 0.2) is 5.60 Å². The molecule has 0 unspecified atom stereocenters. The Kier molecular flexibility index (Phi) is 8.21. The first-order valence-electron chi connectivity index (χ1n) is 6.14. The quantitative estimate of drug-likeness (QED) is 0.348. The van der Waals surface area contributed by atoms with Crippen LogP contribution in [0.5, 0.6) is 0 Å². The molecule has 0 aromatic heterocycles. The van der Waals surface area contributed by atoms with Gasteiger partial charge in [-0.25, -0.2) is 4.79 Å². The van der Waals surface area contributed by atoms with Crippen LogP contribution in [0.2, 0.25) is 0 Å². The Bertz CT molecular complexity index is 187. The number of ether oxygens (including phenoxy) is 1. The largest absolute Gasteiger partial charge is 0.373 e. The van der Waals surface area contributed by atoms with Gasteiger partial charge in [-0.3, -0.25) is 4.89 Å². The van der Waals surface area contributed by atoms with Crippen LogP contribution >= 0.6 is 0 Å². The van der Waals surface area contributed by atoms with Crippen molar-refractivity contribution in [2.45, 2.75) is 59.0 Å². The van der Waals surface area contributed by atoms with Crippen molar-refractivity contribution in [3.05, 3.63) is 0 Å². The van der Waals surface area contributed by atoms with Crippen LogP contribution in [0, 0.1) is 0 Å². The van der Waals surface area contributed by atoms with E-state index in [4.69, 9.17) is 14.5 Å². The van der Waals surface area contributed by atoms with Crippen molar-refractivity contribution in [2.75, 3.05) is 13.2 Å². The second-order valence-corrected chi connectivity index (χ2v) is 3.74. The lowest BCUT2D eigenvalue weighted by Crippen LogP contribution is -2.42. The first-order chi connectivity index (χ1) is 7.66. The van der Waals surface area contributed by atoms with Crippen molar-refractivity contribution in [3.63, 3.8) is 0 Å². The summed E-state index contributed by atoms with van der Waals surface area (Å²) in [5.41, 5.74) is -0.844. The normalized spacial score (nSPS) is 11.5. The summed E-state index contributed by atoms with van der Waals surface area (Å²) in [6.07, 6.45) is 2.88. The van der Waals surface area contributed by atoms with E-state index in [9.17, 15) is 4.79 Å². The zero-order valence-corrected chi connectivity index (χ0v) is 10.9. The Labute approximate surface area is 98.2 Å². The highest BCUT2D eigenvalue weighted by Gasteiger charge is 2.38. The van der Waals surface area contributed by atoms with Gasteiger partial charge >= 0.3 is 5.97 Å². The van der Waals surface area contributed by atoms with Gasteiger partial charge in [0.25, 0.3) is 0 Å². The molecular formula is C12H24O4. The van der Waals surface area contributed by atoms with Gasteiger partial charge in [-0.2, -0.15) is 4.89 Å². The fourth-order valence-electron chi connectivity index (χ4n) is 1.35. The molecule has 0 aromatic carbocycles. The van der Waals surface area contributed by atoms with Crippen LogP contribution in [0.3, 0.4) is 0 Å². The first-order valence-corrected chi connectivity index (χ1v) is 6.14. The lowest BCUT2D eigenvalue weighted by Gasteiger charge is -2.28. The van der Waals surface area contributed by atoms with Gasteiger partial charge in [-0.1, -0.05) is 27.7 Å². The highest BCUT2D eigenvalue weighted by atomic mass is 17.2. The predicted molar refractivity (Wildman–Crippen MR) is 61.9 cm³/mol. The molecule has 0 atom stereocenters. The van der Waals surface area contributed by atoms with Crippen molar-refractivity contribution in [2.24, 2.45) is 0 Å². The van der Waals surface area contributed by atoms with E-state index in [0.29, 0.717) is 26.1 Å². The van der Waals surface area contributed by atoms with Gasteiger partial charge in [0.05, 0.1) is 6.61 Å². The van der Waals surface area contributed by atoms with Crippen LogP contribution in [0.1, 0.15) is 53.4 Å². The molecule has 0 bridgehead atoms. The Morgan fingerprint density at radius 2 is 1.56 bits per heavy atom. The summed E-state index contributed by atoms with van der Waals surface area (Å²) in [6, 6.07) is 0.